The van der Waals surface area contributed by atoms with Crippen LogP contribution in [0.2, 0.25) is 5.02 Å². The molecule has 0 saturated heterocycles. The molecule has 2 heterocycles. The van der Waals surface area contributed by atoms with Crippen molar-refractivity contribution < 1.29 is 19.2 Å². The second kappa shape index (κ2) is 8.77. The number of rotatable bonds is 5. The third-order valence-corrected chi connectivity index (χ3v) is 5.75. The second-order valence-electron chi connectivity index (χ2n) is 6.72. The van der Waals surface area contributed by atoms with Crippen LogP contribution in [0.25, 0.3) is 0 Å². The first-order valence-corrected chi connectivity index (χ1v) is 10.5. The van der Waals surface area contributed by atoms with Gasteiger partial charge in [-0.15, -0.1) is 5.10 Å². The van der Waals surface area contributed by atoms with Gasteiger partial charge in [0, 0.05) is 34.8 Å². The van der Waals surface area contributed by atoms with Crippen LogP contribution < -0.4 is 5.32 Å². The Labute approximate surface area is 191 Å². The minimum atomic E-state index is -0.832. The Morgan fingerprint density at radius 3 is 2.56 bits per heavy atom. The lowest BCUT2D eigenvalue weighted by Crippen LogP contribution is -2.25. The molecule has 0 aliphatic carbocycles. The van der Waals surface area contributed by atoms with E-state index < -0.39 is 11.2 Å². The Morgan fingerprint density at radius 1 is 1.19 bits per heavy atom. The lowest BCUT2D eigenvalue weighted by molar-refractivity contribution is -0.380. The zero-order valence-corrected chi connectivity index (χ0v) is 18.1. The van der Waals surface area contributed by atoms with Gasteiger partial charge in [0.2, 0.25) is 12.1 Å². The third kappa shape index (κ3) is 4.46. The lowest BCUT2D eigenvalue weighted by Gasteiger charge is -2.19. The van der Waals surface area contributed by atoms with Crippen molar-refractivity contribution in [3.63, 3.8) is 0 Å². The molecule has 0 radical (unpaired) electrons. The fourth-order valence-corrected chi connectivity index (χ4v) is 3.93. The molecule has 3 aromatic rings. The van der Waals surface area contributed by atoms with Gasteiger partial charge in [0.15, 0.2) is 0 Å². The summed E-state index contributed by atoms with van der Waals surface area (Å²) >= 11 is 6.84. The van der Waals surface area contributed by atoms with Crippen molar-refractivity contribution in [2.24, 2.45) is 5.10 Å². The van der Waals surface area contributed by atoms with Crippen LogP contribution in [-0.4, -0.2) is 27.6 Å². The molecular weight excluding hydrogens is 456 g/mol. The quantitative estimate of drug-likeness (QED) is 0.425. The maximum absolute atomic E-state index is 12.4. The summed E-state index contributed by atoms with van der Waals surface area (Å²) in [6, 6.07) is 16.2. The Hall–Kier alpha value is -3.76. The van der Waals surface area contributed by atoms with E-state index in [1.807, 2.05) is 0 Å². The zero-order valence-electron chi connectivity index (χ0n) is 16.5. The largest absolute Gasteiger partial charge is 0.445 e. The summed E-state index contributed by atoms with van der Waals surface area (Å²) in [5.74, 6) is -0.538. The van der Waals surface area contributed by atoms with Crippen LogP contribution in [-0.2, 0) is 9.53 Å². The fourth-order valence-electron chi connectivity index (χ4n) is 2.99. The number of benzene rings is 2. The first kappa shape index (κ1) is 21.5. The molecule has 2 aromatic carbocycles. The van der Waals surface area contributed by atoms with Crippen LogP contribution in [0.1, 0.15) is 34.0 Å². The van der Waals surface area contributed by atoms with Gasteiger partial charge in [-0.05, 0) is 36.4 Å². The van der Waals surface area contributed by atoms with E-state index in [1.165, 1.54) is 24.1 Å². The summed E-state index contributed by atoms with van der Waals surface area (Å²) in [6.45, 7) is 1.35. The summed E-state index contributed by atoms with van der Waals surface area (Å²) in [5, 5.41) is 19.5. The monoisotopic (exact) mass is 470 g/mol. The second-order valence-corrected chi connectivity index (χ2v) is 8.22. The first-order valence-electron chi connectivity index (χ1n) is 9.28. The molecule has 0 fully saturated rings. The van der Waals surface area contributed by atoms with Gasteiger partial charge in [-0.2, -0.15) is 5.01 Å². The van der Waals surface area contributed by atoms with Crippen LogP contribution in [0.4, 0.5) is 10.7 Å². The molecule has 11 heteroatoms. The Balaban J connectivity index is 1.50. The Kier molecular flexibility index (Phi) is 5.89. The third-order valence-electron chi connectivity index (χ3n) is 4.49. The molecule has 1 aliphatic heterocycles. The zero-order chi connectivity index (χ0) is 22.8. The van der Waals surface area contributed by atoms with Crippen molar-refractivity contribution in [3.8, 4) is 0 Å². The molecule has 32 heavy (non-hydrogen) atoms. The van der Waals surface area contributed by atoms with E-state index >= 15 is 0 Å². The minimum absolute atomic E-state index is 0.0519. The summed E-state index contributed by atoms with van der Waals surface area (Å²) in [4.78, 5) is 35.3. The maximum atomic E-state index is 12.4. The van der Waals surface area contributed by atoms with Crippen molar-refractivity contribution in [3.05, 3.63) is 91.8 Å². The van der Waals surface area contributed by atoms with Crippen molar-refractivity contribution in [2.45, 2.75) is 13.2 Å². The smallest absolute Gasteiger partial charge is 0.324 e. The summed E-state index contributed by atoms with van der Waals surface area (Å²) in [6.07, 6.45) is -0.832. The van der Waals surface area contributed by atoms with Gasteiger partial charge in [-0.3, -0.25) is 19.7 Å². The normalized spacial score (nSPS) is 15.1. The molecule has 1 aliphatic rings. The van der Waals surface area contributed by atoms with E-state index in [0.717, 1.165) is 11.3 Å². The number of hydrazone groups is 1. The molecule has 9 nitrogen and oxygen atoms in total. The first-order chi connectivity index (χ1) is 15.3. The average Bonchev–Trinajstić information content (AvgIpc) is 3.42. The van der Waals surface area contributed by atoms with Crippen molar-refractivity contribution in [2.75, 3.05) is 5.32 Å². The highest BCUT2D eigenvalue weighted by Crippen LogP contribution is 2.34. The number of carbonyl (C=O) groups excluding carboxylic acids is 2. The number of thiophene rings is 1. The number of halogens is 1. The van der Waals surface area contributed by atoms with Gasteiger partial charge in [0.25, 0.3) is 11.8 Å². The highest BCUT2D eigenvalue weighted by molar-refractivity contribution is 7.17. The number of nitrogens with zero attached hydrogens (tertiary/aromatic N) is 3. The maximum Gasteiger partial charge on any atom is 0.324 e. The molecule has 162 valence electrons. The summed E-state index contributed by atoms with van der Waals surface area (Å²) < 4.78 is 5.84. The molecule has 0 saturated carbocycles. The topological polar surface area (TPSA) is 114 Å². The summed E-state index contributed by atoms with van der Waals surface area (Å²) in [7, 11) is 0. The van der Waals surface area contributed by atoms with Crippen LogP contribution in [0, 0.1) is 10.1 Å². The van der Waals surface area contributed by atoms with Crippen LogP contribution in [0.15, 0.2) is 65.8 Å². The predicted molar refractivity (Wildman–Crippen MR) is 120 cm³/mol. The molecule has 0 spiro atoms. The lowest BCUT2D eigenvalue weighted by atomic mass is 10.1. The molecular formula is C21H15ClN4O5S. The van der Waals surface area contributed by atoms with Gasteiger partial charge < -0.3 is 10.1 Å². The number of nitro groups is 1. The van der Waals surface area contributed by atoms with Crippen LogP contribution >= 0.6 is 22.9 Å². The molecule has 1 aromatic heterocycles. The van der Waals surface area contributed by atoms with E-state index in [-0.39, 0.29) is 22.7 Å². The summed E-state index contributed by atoms with van der Waals surface area (Å²) in [5.41, 5.74) is 1.58. The van der Waals surface area contributed by atoms with Crippen molar-refractivity contribution in [1.29, 1.82) is 0 Å². The number of hydrogen-bond donors (Lipinski definition) is 1. The number of ether oxygens (including phenoxy) is 1. The van der Waals surface area contributed by atoms with Gasteiger partial charge in [0.1, 0.15) is 0 Å². The number of carbonyl (C=O) groups is 2. The highest BCUT2D eigenvalue weighted by Gasteiger charge is 2.34. The highest BCUT2D eigenvalue weighted by atomic mass is 35.5. The molecule has 0 bridgehead atoms. The van der Waals surface area contributed by atoms with Crippen LogP contribution in [0.5, 0.6) is 0 Å². The number of hydrogen-bond acceptors (Lipinski definition) is 7. The van der Waals surface area contributed by atoms with E-state index in [0.29, 0.717) is 26.7 Å². The van der Waals surface area contributed by atoms with Gasteiger partial charge in [-0.25, -0.2) is 0 Å². The Morgan fingerprint density at radius 2 is 1.94 bits per heavy atom. The van der Waals surface area contributed by atoms with Gasteiger partial charge in [0.05, 0.1) is 9.80 Å². The van der Waals surface area contributed by atoms with Crippen molar-refractivity contribution >= 4 is 51.3 Å². The minimum Gasteiger partial charge on any atom is -0.445 e. The molecule has 2 amide bonds. The van der Waals surface area contributed by atoms with Gasteiger partial charge in [-0.1, -0.05) is 41.1 Å². The fraction of sp³-hybridized carbons (Fsp3) is 0.0952. The SMILES string of the molecule is CC(=O)N1N=C(c2ccc([N+](=O)[O-])s2)OC1c1ccc(NC(=O)c2cccc(Cl)c2)cc1. The van der Waals surface area contributed by atoms with E-state index in [4.69, 9.17) is 16.3 Å². The number of nitrogens with one attached hydrogen (secondary N) is 1. The number of amides is 2. The molecule has 1 N–H and O–H groups in total. The van der Waals surface area contributed by atoms with E-state index in [9.17, 15) is 19.7 Å². The van der Waals surface area contributed by atoms with Crippen LogP contribution in [0.3, 0.4) is 0 Å². The van der Waals surface area contributed by atoms with E-state index in [1.54, 1.807) is 48.5 Å². The molecule has 4 rings (SSSR count). The molecule has 1 unspecified atom stereocenters. The Bertz CT molecular complexity index is 1240. The predicted octanol–water partition coefficient (Wildman–Crippen LogP) is 4.80. The van der Waals surface area contributed by atoms with Gasteiger partial charge >= 0.3 is 5.00 Å². The number of anilines is 1. The average molecular weight is 471 g/mol. The molecule has 1 atom stereocenters. The van der Waals surface area contributed by atoms with Crippen molar-refractivity contribution in [1.82, 2.24) is 5.01 Å². The van der Waals surface area contributed by atoms with E-state index in [2.05, 4.69) is 10.4 Å². The standard InChI is InChI=1S/C21H15ClN4O5S/c1-12(27)25-21(31-20(24-25)17-9-10-18(32-17)26(29)30)13-5-7-16(8-6-13)23-19(28)14-3-2-4-15(22)11-14/h2-11,21H,1H3,(H,23,28).